The van der Waals surface area contributed by atoms with Crippen molar-refractivity contribution in [2.75, 3.05) is 26.7 Å². The minimum absolute atomic E-state index is 0.0851. The van der Waals surface area contributed by atoms with Crippen molar-refractivity contribution in [3.63, 3.8) is 0 Å². The highest BCUT2D eigenvalue weighted by Crippen LogP contribution is 2.18. The summed E-state index contributed by atoms with van der Waals surface area (Å²) < 4.78 is 0. The molecule has 0 aliphatic carbocycles. The van der Waals surface area contributed by atoms with Crippen molar-refractivity contribution in [3.8, 4) is 0 Å². The summed E-state index contributed by atoms with van der Waals surface area (Å²) in [6, 6.07) is 6.96. The molecular formula is C15H19ClN2O2. The summed E-state index contributed by atoms with van der Waals surface area (Å²) in [6.45, 7) is 1.98. The molecule has 4 nitrogen and oxygen atoms in total. The van der Waals surface area contributed by atoms with Crippen molar-refractivity contribution < 1.29 is 9.59 Å². The van der Waals surface area contributed by atoms with Crippen molar-refractivity contribution in [2.24, 2.45) is 5.92 Å². The molecule has 0 unspecified atom stereocenters. The molecule has 0 radical (unpaired) electrons. The number of hydrogen-bond donors (Lipinski definition) is 1. The maximum atomic E-state index is 12.1. The van der Waals surface area contributed by atoms with Crippen molar-refractivity contribution >= 4 is 23.3 Å². The standard InChI is InChI=1S/C15H19ClN2O2/c1-17-15(20)12-6-8-18(9-7-12)10-14(19)11-2-4-13(16)5-3-11/h2-5,12H,6-10H2,1H3,(H,17,20). The molecule has 0 saturated carbocycles. The highest BCUT2D eigenvalue weighted by atomic mass is 35.5. The van der Waals surface area contributed by atoms with Crippen molar-refractivity contribution in [1.82, 2.24) is 10.2 Å². The van der Waals surface area contributed by atoms with Gasteiger partial charge in [0.05, 0.1) is 6.54 Å². The SMILES string of the molecule is CNC(=O)C1CCN(CC(=O)c2ccc(Cl)cc2)CC1. The van der Waals surface area contributed by atoms with E-state index in [4.69, 9.17) is 11.6 Å². The molecule has 108 valence electrons. The van der Waals surface area contributed by atoms with Gasteiger partial charge in [0.1, 0.15) is 0 Å². The summed E-state index contributed by atoms with van der Waals surface area (Å²) in [6.07, 6.45) is 1.63. The van der Waals surface area contributed by atoms with E-state index in [2.05, 4.69) is 10.2 Å². The van der Waals surface area contributed by atoms with E-state index in [0.29, 0.717) is 17.1 Å². The molecule has 0 aromatic heterocycles. The molecule has 20 heavy (non-hydrogen) atoms. The third kappa shape index (κ3) is 3.81. The van der Waals surface area contributed by atoms with Crippen molar-refractivity contribution in [1.29, 1.82) is 0 Å². The molecule has 0 bridgehead atoms. The number of benzene rings is 1. The molecule has 1 fully saturated rings. The Bertz CT molecular complexity index is 479. The van der Waals surface area contributed by atoms with Gasteiger partial charge in [0, 0.05) is 23.6 Å². The number of nitrogens with one attached hydrogen (secondary N) is 1. The number of carbonyl (C=O) groups is 2. The van der Waals surface area contributed by atoms with Crippen LogP contribution in [0.3, 0.4) is 0 Å². The smallest absolute Gasteiger partial charge is 0.222 e. The number of likely N-dealkylation sites (tertiary alicyclic amines) is 1. The van der Waals surface area contributed by atoms with Gasteiger partial charge in [0.2, 0.25) is 5.91 Å². The maximum absolute atomic E-state index is 12.1. The zero-order chi connectivity index (χ0) is 14.5. The van der Waals surface area contributed by atoms with E-state index in [0.717, 1.165) is 25.9 Å². The zero-order valence-corrected chi connectivity index (χ0v) is 12.3. The first kappa shape index (κ1) is 15.0. The van der Waals surface area contributed by atoms with E-state index in [9.17, 15) is 9.59 Å². The van der Waals surface area contributed by atoms with Crippen molar-refractivity contribution in [2.45, 2.75) is 12.8 Å². The van der Waals surface area contributed by atoms with Gasteiger partial charge in [-0.2, -0.15) is 0 Å². The lowest BCUT2D eigenvalue weighted by Crippen LogP contribution is -2.41. The maximum Gasteiger partial charge on any atom is 0.222 e. The second kappa shape index (κ2) is 6.86. The van der Waals surface area contributed by atoms with Crippen LogP contribution in [0.2, 0.25) is 5.02 Å². The van der Waals surface area contributed by atoms with Crippen LogP contribution in [-0.2, 0) is 4.79 Å². The second-order valence-electron chi connectivity index (χ2n) is 5.09. The first-order chi connectivity index (χ1) is 9.60. The van der Waals surface area contributed by atoms with E-state index in [1.807, 2.05) is 0 Å². The third-order valence-corrected chi connectivity index (χ3v) is 3.99. The third-order valence-electron chi connectivity index (χ3n) is 3.74. The number of hydrogen-bond acceptors (Lipinski definition) is 3. The quantitative estimate of drug-likeness (QED) is 0.864. The van der Waals surface area contributed by atoms with Gasteiger partial charge in [-0.15, -0.1) is 0 Å². The first-order valence-corrected chi connectivity index (χ1v) is 7.20. The van der Waals surface area contributed by atoms with E-state index >= 15 is 0 Å². The van der Waals surface area contributed by atoms with Gasteiger partial charge in [0.25, 0.3) is 0 Å². The van der Waals surface area contributed by atoms with Crippen LogP contribution in [0.5, 0.6) is 0 Å². The lowest BCUT2D eigenvalue weighted by molar-refractivity contribution is -0.125. The summed E-state index contributed by atoms with van der Waals surface area (Å²) in [5.41, 5.74) is 0.683. The zero-order valence-electron chi connectivity index (χ0n) is 11.6. The number of halogens is 1. The van der Waals surface area contributed by atoms with Crippen LogP contribution in [0.1, 0.15) is 23.2 Å². The number of amides is 1. The predicted molar refractivity (Wildman–Crippen MR) is 79.0 cm³/mol. The molecule has 0 atom stereocenters. The molecule has 5 heteroatoms. The fraction of sp³-hybridized carbons (Fsp3) is 0.467. The van der Waals surface area contributed by atoms with Crippen LogP contribution in [0.15, 0.2) is 24.3 Å². The average molecular weight is 295 g/mol. The lowest BCUT2D eigenvalue weighted by atomic mass is 9.95. The van der Waals surface area contributed by atoms with Gasteiger partial charge >= 0.3 is 0 Å². The fourth-order valence-electron chi connectivity index (χ4n) is 2.49. The number of Topliss-reactive ketones (excluding diaryl/α,β-unsaturated/α-hetero) is 1. The molecule has 1 amide bonds. The van der Waals surface area contributed by atoms with Gasteiger partial charge in [-0.3, -0.25) is 14.5 Å². The van der Waals surface area contributed by atoms with E-state index in [1.165, 1.54) is 0 Å². The number of nitrogens with zero attached hydrogens (tertiary/aromatic N) is 1. The van der Waals surface area contributed by atoms with Crippen LogP contribution in [0.4, 0.5) is 0 Å². The highest BCUT2D eigenvalue weighted by molar-refractivity contribution is 6.30. The molecular weight excluding hydrogens is 276 g/mol. The minimum atomic E-state index is 0.0851. The topological polar surface area (TPSA) is 49.4 Å². The second-order valence-corrected chi connectivity index (χ2v) is 5.53. The Morgan fingerprint density at radius 2 is 1.85 bits per heavy atom. The number of rotatable bonds is 4. The van der Waals surface area contributed by atoms with Gasteiger partial charge in [-0.05, 0) is 50.2 Å². The fourth-order valence-corrected chi connectivity index (χ4v) is 2.61. The molecule has 1 aromatic rings. The summed E-state index contributed by atoms with van der Waals surface area (Å²) in [5, 5.41) is 3.32. The van der Waals surface area contributed by atoms with Crippen LogP contribution >= 0.6 is 11.6 Å². The molecule has 1 aliphatic rings. The molecule has 1 aromatic carbocycles. The Balaban J connectivity index is 1.85. The van der Waals surface area contributed by atoms with Gasteiger partial charge in [0.15, 0.2) is 5.78 Å². The summed E-state index contributed by atoms with van der Waals surface area (Å²) in [7, 11) is 1.67. The van der Waals surface area contributed by atoms with Gasteiger partial charge in [-0.1, -0.05) is 11.6 Å². The Morgan fingerprint density at radius 3 is 2.40 bits per heavy atom. The monoisotopic (exact) mass is 294 g/mol. The van der Waals surface area contributed by atoms with E-state index in [-0.39, 0.29) is 17.6 Å². The van der Waals surface area contributed by atoms with Crippen LogP contribution in [0, 0.1) is 5.92 Å². The molecule has 2 rings (SSSR count). The normalized spacial score (nSPS) is 16.9. The molecule has 1 saturated heterocycles. The Kier molecular flexibility index (Phi) is 5.15. The average Bonchev–Trinajstić information content (AvgIpc) is 2.48. The van der Waals surface area contributed by atoms with E-state index in [1.54, 1.807) is 31.3 Å². The largest absolute Gasteiger partial charge is 0.359 e. The van der Waals surface area contributed by atoms with Crippen LogP contribution in [0.25, 0.3) is 0 Å². The highest BCUT2D eigenvalue weighted by Gasteiger charge is 2.25. The predicted octanol–water partition coefficient (Wildman–Crippen LogP) is 1.98. The molecule has 1 aliphatic heterocycles. The number of piperidine rings is 1. The lowest BCUT2D eigenvalue weighted by Gasteiger charge is -2.30. The Hall–Kier alpha value is -1.39. The molecule has 0 spiro atoms. The number of carbonyl (C=O) groups excluding carboxylic acids is 2. The Labute approximate surface area is 124 Å². The van der Waals surface area contributed by atoms with Crippen LogP contribution < -0.4 is 5.32 Å². The van der Waals surface area contributed by atoms with Gasteiger partial charge < -0.3 is 5.32 Å². The van der Waals surface area contributed by atoms with E-state index < -0.39 is 0 Å². The van der Waals surface area contributed by atoms with Crippen LogP contribution in [-0.4, -0.2) is 43.3 Å². The van der Waals surface area contributed by atoms with Gasteiger partial charge in [-0.25, -0.2) is 0 Å². The van der Waals surface area contributed by atoms with Crippen molar-refractivity contribution in [3.05, 3.63) is 34.9 Å². The Morgan fingerprint density at radius 1 is 1.25 bits per heavy atom. The minimum Gasteiger partial charge on any atom is -0.359 e. The molecule has 1 N–H and O–H groups in total. The number of ketones is 1. The summed E-state index contributed by atoms with van der Waals surface area (Å²) in [4.78, 5) is 25.8. The first-order valence-electron chi connectivity index (χ1n) is 6.83. The summed E-state index contributed by atoms with van der Waals surface area (Å²) in [5.74, 6) is 0.288. The molecule has 1 heterocycles. The summed E-state index contributed by atoms with van der Waals surface area (Å²) >= 11 is 5.81.